The van der Waals surface area contributed by atoms with Crippen molar-refractivity contribution in [3.05, 3.63) is 60.2 Å². The Morgan fingerprint density at radius 2 is 1.85 bits per heavy atom. The van der Waals surface area contributed by atoms with Gasteiger partial charge in [-0.1, -0.05) is 49.7 Å². The summed E-state index contributed by atoms with van der Waals surface area (Å²) in [6, 6.07) is 16.1. The Morgan fingerprint density at radius 3 is 2.50 bits per heavy atom. The molecule has 0 aromatic heterocycles. The van der Waals surface area contributed by atoms with Crippen molar-refractivity contribution in [2.75, 3.05) is 33.9 Å². The van der Waals surface area contributed by atoms with Gasteiger partial charge < -0.3 is 30.5 Å². The quantitative estimate of drug-likeness (QED) is 0.281. The summed E-state index contributed by atoms with van der Waals surface area (Å²) in [5.74, 6) is 1.26. The lowest BCUT2D eigenvalue weighted by molar-refractivity contribution is -0.110. The Morgan fingerprint density at radius 1 is 1.15 bits per heavy atom. The summed E-state index contributed by atoms with van der Waals surface area (Å²) in [4.78, 5) is 28.6. The van der Waals surface area contributed by atoms with E-state index in [1.165, 1.54) is 7.05 Å². The minimum Gasteiger partial charge on any atom is -0.497 e. The number of nitrogens with two attached hydrogens (primary N) is 1. The number of rotatable bonds is 14. The highest BCUT2D eigenvalue weighted by Crippen LogP contribution is 2.20. The number of methoxy groups -OCH3 is 1. The van der Waals surface area contributed by atoms with Gasteiger partial charge in [0.2, 0.25) is 0 Å². The molecule has 2 atom stereocenters. The first-order valence-corrected chi connectivity index (χ1v) is 11.3. The second kappa shape index (κ2) is 17.4. The molecule has 188 valence electrons. The molecule has 0 heterocycles. The number of benzene rings is 2. The molecule has 34 heavy (non-hydrogen) atoms. The molecule has 0 saturated carbocycles. The maximum atomic E-state index is 12.1. The molecular formula is C25H37N3O6. The number of aliphatic hydroxyl groups excluding tert-OH is 1. The van der Waals surface area contributed by atoms with E-state index in [-0.39, 0.29) is 13.2 Å². The molecule has 0 saturated heterocycles. The van der Waals surface area contributed by atoms with Gasteiger partial charge in [-0.15, -0.1) is 5.06 Å². The lowest BCUT2D eigenvalue weighted by atomic mass is 10.0. The van der Waals surface area contributed by atoms with E-state index >= 15 is 0 Å². The largest absolute Gasteiger partial charge is 0.497 e. The van der Waals surface area contributed by atoms with Gasteiger partial charge in [-0.2, -0.15) is 0 Å². The number of nitrogens with zero attached hydrogens (tertiary/aromatic N) is 1. The van der Waals surface area contributed by atoms with Crippen LogP contribution in [0.5, 0.6) is 11.5 Å². The van der Waals surface area contributed by atoms with E-state index in [0.29, 0.717) is 30.8 Å². The number of amides is 1. The van der Waals surface area contributed by atoms with E-state index in [1.807, 2.05) is 48.5 Å². The molecule has 0 spiro atoms. The van der Waals surface area contributed by atoms with Gasteiger partial charge in [0.05, 0.1) is 25.8 Å². The van der Waals surface area contributed by atoms with Gasteiger partial charge in [-0.3, -0.25) is 4.79 Å². The molecular weight excluding hydrogens is 438 g/mol. The van der Waals surface area contributed by atoms with Crippen LogP contribution in [-0.4, -0.2) is 68.5 Å². The molecule has 0 bridgehead atoms. The highest BCUT2D eigenvalue weighted by molar-refractivity contribution is 5.69. The van der Waals surface area contributed by atoms with Crippen LogP contribution in [-0.2, 0) is 16.0 Å². The van der Waals surface area contributed by atoms with Crippen molar-refractivity contribution < 1.29 is 29.0 Å². The molecule has 2 aromatic rings. The Balaban J connectivity index is 0.00000281. The van der Waals surface area contributed by atoms with E-state index in [4.69, 9.17) is 14.3 Å². The summed E-state index contributed by atoms with van der Waals surface area (Å²) in [5.41, 5.74) is 5.45. The van der Waals surface area contributed by atoms with E-state index in [0.717, 1.165) is 18.4 Å². The number of alkyl carbamates (subject to hydrolysis) is 1. The van der Waals surface area contributed by atoms with Crippen LogP contribution in [0.15, 0.2) is 54.6 Å². The summed E-state index contributed by atoms with van der Waals surface area (Å²) in [7, 11) is 3.08. The number of ether oxygens (including phenoxy) is 2. The van der Waals surface area contributed by atoms with Crippen molar-refractivity contribution in [3.63, 3.8) is 0 Å². The van der Waals surface area contributed by atoms with E-state index in [9.17, 15) is 14.7 Å². The monoisotopic (exact) mass is 475 g/mol. The number of carbonyl (C=O) groups excluding carboxylic acids is 2. The van der Waals surface area contributed by atoms with Gasteiger partial charge in [-0.25, -0.2) is 4.79 Å². The van der Waals surface area contributed by atoms with Crippen LogP contribution in [0.25, 0.3) is 0 Å². The average Bonchev–Trinajstić information content (AvgIpc) is 2.87. The standard InChI is InChI=1S/C24H32N2O6.CH5N/c1-3-4-13-26(32-21-12-8-11-20(17-21)30-2)18-23(28)22(25-24(29)31-15-14-27)16-19-9-6-5-7-10-19;1-2/h5-12,14,17,22-23,28H,3-4,13,15-16,18H2,1-2H3,(H,25,29);2H2,1H3. The third-order valence-corrected chi connectivity index (χ3v) is 4.78. The first-order chi connectivity index (χ1) is 16.5. The number of aldehydes is 1. The van der Waals surface area contributed by atoms with Gasteiger partial charge in [0.25, 0.3) is 0 Å². The van der Waals surface area contributed by atoms with Gasteiger partial charge >= 0.3 is 6.09 Å². The maximum Gasteiger partial charge on any atom is 0.407 e. The molecule has 0 aliphatic rings. The average molecular weight is 476 g/mol. The second-order valence-corrected chi connectivity index (χ2v) is 7.28. The number of unbranched alkanes of at least 4 members (excludes halogenated alkanes) is 1. The zero-order valence-electron chi connectivity index (χ0n) is 20.2. The molecule has 2 aromatic carbocycles. The molecule has 0 aliphatic heterocycles. The maximum absolute atomic E-state index is 12.1. The zero-order valence-corrected chi connectivity index (χ0v) is 20.2. The molecule has 1 amide bonds. The fourth-order valence-corrected chi connectivity index (χ4v) is 3.11. The summed E-state index contributed by atoms with van der Waals surface area (Å²) < 4.78 is 10.1. The van der Waals surface area contributed by atoms with Crippen molar-refractivity contribution in [1.82, 2.24) is 10.4 Å². The summed E-state index contributed by atoms with van der Waals surface area (Å²) in [6.07, 6.45) is 0.995. The van der Waals surface area contributed by atoms with Crippen LogP contribution in [0.1, 0.15) is 25.3 Å². The number of hydrogen-bond acceptors (Lipinski definition) is 8. The Hall–Kier alpha value is -3.14. The van der Waals surface area contributed by atoms with E-state index in [2.05, 4.69) is 18.0 Å². The normalized spacial score (nSPS) is 12.1. The SMILES string of the molecule is CCCCN(CC(O)C(Cc1ccccc1)NC(=O)OCC=O)Oc1cccc(OC)c1.CN. The number of carbonyl (C=O) groups is 2. The molecule has 0 aliphatic carbocycles. The molecule has 0 fully saturated rings. The van der Waals surface area contributed by atoms with Crippen LogP contribution in [0.4, 0.5) is 4.79 Å². The first-order valence-electron chi connectivity index (χ1n) is 11.3. The number of nitrogens with one attached hydrogen (secondary N) is 1. The highest BCUT2D eigenvalue weighted by atomic mass is 16.7. The summed E-state index contributed by atoms with van der Waals surface area (Å²) >= 11 is 0. The van der Waals surface area contributed by atoms with Crippen LogP contribution < -0.4 is 20.6 Å². The molecule has 2 rings (SSSR count). The number of aliphatic hydroxyl groups is 1. The Labute approximate surface area is 201 Å². The molecule has 9 heteroatoms. The molecule has 0 radical (unpaired) electrons. The van der Waals surface area contributed by atoms with Gasteiger partial charge in [0.15, 0.2) is 12.0 Å². The molecule has 2 unspecified atom stereocenters. The first kappa shape index (κ1) is 28.9. The summed E-state index contributed by atoms with van der Waals surface area (Å²) in [6.45, 7) is 2.48. The lowest BCUT2D eigenvalue weighted by Gasteiger charge is -2.29. The predicted octanol–water partition coefficient (Wildman–Crippen LogP) is 2.56. The third-order valence-electron chi connectivity index (χ3n) is 4.78. The van der Waals surface area contributed by atoms with Gasteiger partial charge in [-0.05, 0) is 37.6 Å². The smallest absolute Gasteiger partial charge is 0.407 e. The van der Waals surface area contributed by atoms with Crippen molar-refractivity contribution in [2.24, 2.45) is 5.73 Å². The summed E-state index contributed by atoms with van der Waals surface area (Å²) in [5, 5.41) is 15.4. The molecule has 4 N–H and O–H groups in total. The van der Waals surface area contributed by atoms with Gasteiger partial charge in [0.1, 0.15) is 12.4 Å². The topological polar surface area (TPSA) is 123 Å². The third kappa shape index (κ3) is 11.1. The van der Waals surface area contributed by atoms with Crippen molar-refractivity contribution >= 4 is 12.4 Å². The number of hydroxylamine groups is 2. The number of hydrogen-bond donors (Lipinski definition) is 3. The Bertz CT molecular complexity index is 821. The van der Waals surface area contributed by atoms with E-state index < -0.39 is 18.2 Å². The van der Waals surface area contributed by atoms with Crippen molar-refractivity contribution in [2.45, 2.75) is 38.3 Å². The lowest BCUT2D eigenvalue weighted by Crippen LogP contribution is -2.50. The fourth-order valence-electron chi connectivity index (χ4n) is 3.11. The van der Waals surface area contributed by atoms with Crippen LogP contribution in [0.3, 0.4) is 0 Å². The predicted molar refractivity (Wildman–Crippen MR) is 131 cm³/mol. The van der Waals surface area contributed by atoms with Crippen LogP contribution in [0.2, 0.25) is 0 Å². The molecule has 9 nitrogen and oxygen atoms in total. The minimum absolute atomic E-state index is 0.155. The highest BCUT2D eigenvalue weighted by Gasteiger charge is 2.25. The van der Waals surface area contributed by atoms with Crippen LogP contribution >= 0.6 is 0 Å². The fraction of sp³-hybridized carbons (Fsp3) is 0.440. The van der Waals surface area contributed by atoms with E-state index in [1.54, 1.807) is 18.2 Å². The van der Waals surface area contributed by atoms with Crippen LogP contribution in [0, 0.1) is 0 Å². The van der Waals surface area contributed by atoms with Gasteiger partial charge in [0, 0.05) is 12.6 Å². The zero-order chi connectivity index (χ0) is 25.2. The van der Waals surface area contributed by atoms with Crippen molar-refractivity contribution in [1.29, 1.82) is 0 Å². The van der Waals surface area contributed by atoms with Crippen molar-refractivity contribution in [3.8, 4) is 11.5 Å². The Kier molecular flexibility index (Phi) is 14.7. The minimum atomic E-state index is -0.957. The second-order valence-electron chi connectivity index (χ2n) is 7.28.